The third kappa shape index (κ3) is 1.48. The van der Waals surface area contributed by atoms with Crippen molar-refractivity contribution in [3.8, 4) is 11.5 Å². The van der Waals surface area contributed by atoms with Crippen LogP contribution in [0.5, 0.6) is 11.5 Å². The molecule has 2 aromatic rings. The summed E-state index contributed by atoms with van der Waals surface area (Å²) < 4.78 is 10.4. The number of anilines is 3. The fourth-order valence-corrected chi connectivity index (χ4v) is 1.43. The molecular weight excluding hydrogens is 210 g/mol. The second-order valence-corrected chi connectivity index (χ2v) is 3.24. The Morgan fingerprint density at radius 1 is 1.31 bits per heavy atom. The third-order valence-electron chi connectivity index (χ3n) is 2.13. The number of hydrogen-bond donors (Lipinski definition) is 3. The van der Waals surface area contributed by atoms with Crippen molar-refractivity contribution in [3.05, 3.63) is 18.2 Å². The van der Waals surface area contributed by atoms with Gasteiger partial charge in [0.05, 0.1) is 0 Å². The molecule has 1 aliphatic heterocycles. The van der Waals surface area contributed by atoms with Crippen LogP contribution in [0, 0.1) is 0 Å². The fraction of sp³-hybridized carbons (Fsp3) is 0.111. The molecule has 2 heterocycles. The van der Waals surface area contributed by atoms with Gasteiger partial charge in [-0.05, 0) is 12.1 Å². The van der Waals surface area contributed by atoms with E-state index < -0.39 is 0 Å². The Morgan fingerprint density at radius 2 is 2.19 bits per heavy atom. The van der Waals surface area contributed by atoms with Crippen molar-refractivity contribution in [3.63, 3.8) is 0 Å². The fourth-order valence-electron chi connectivity index (χ4n) is 1.43. The predicted octanol–water partition coefficient (Wildman–Crippen LogP) is 0.859. The topological polar surface area (TPSA) is 98.1 Å². The van der Waals surface area contributed by atoms with E-state index in [1.54, 1.807) is 0 Å². The number of nitrogens with zero attached hydrogens (tertiary/aromatic N) is 2. The molecule has 0 radical (unpaired) electrons. The molecule has 0 spiro atoms. The Labute approximate surface area is 90.6 Å². The van der Waals surface area contributed by atoms with Gasteiger partial charge in [-0.2, -0.15) is 4.98 Å². The number of nitrogen functional groups attached to an aromatic ring is 1. The van der Waals surface area contributed by atoms with Gasteiger partial charge in [-0.15, -0.1) is 5.10 Å². The number of H-pyrrole nitrogens is 1. The Kier molecular flexibility index (Phi) is 1.82. The number of fused-ring (bicyclic) bond motifs is 1. The van der Waals surface area contributed by atoms with E-state index >= 15 is 0 Å². The zero-order valence-electron chi connectivity index (χ0n) is 8.23. The van der Waals surface area contributed by atoms with E-state index in [-0.39, 0.29) is 12.7 Å². The summed E-state index contributed by atoms with van der Waals surface area (Å²) in [6, 6.07) is 5.48. The van der Waals surface area contributed by atoms with Crippen LogP contribution in [-0.2, 0) is 0 Å². The molecule has 0 atom stereocenters. The van der Waals surface area contributed by atoms with E-state index in [1.807, 2.05) is 18.2 Å². The van der Waals surface area contributed by atoms with E-state index in [4.69, 9.17) is 15.2 Å². The summed E-state index contributed by atoms with van der Waals surface area (Å²) in [6.07, 6.45) is 0. The van der Waals surface area contributed by atoms with Crippen molar-refractivity contribution >= 4 is 17.6 Å². The van der Waals surface area contributed by atoms with Gasteiger partial charge in [0.15, 0.2) is 11.5 Å². The van der Waals surface area contributed by atoms with E-state index in [1.165, 1.54) is 0 Å². The maximum Gasteiger partial charge on any atom is 0.248 e. The first kappa shape index (κ1) is 8.84. The molecular formula is C9H9N5O2. The van der Waals surface area contributed by atoms with Crippen molar-refractivity contribution < 1.29 is 9.47 Å². The highest BCUT2D eigenvalue weighted by Crippen LogP contribution is 2.34. The molecule has 3 rings (SSSR count). The van der Waals surface area contributed by atoms with E-state index in [0.717, 1.165) is 11.4 Å². The molecule has 4 N–H and O–H groups in total. The first-order valence-electron chi connectivity index (χ1n) is 4.66. The number of rotatable bonds is 2. The Balaban J connectivity index is 1.85. The lowest BCUT2D eigenvalue weighted by atomic mass is 10.3. The molecule has 0 unspecified atom stereocenters. The average Bonchev–Trinajstić information content (AvgIpc) is 2.87. The summed E-state index contributed by atoms with van der Waals surface area (Å²) in [6.45, 7) is 0.256. The molecule has 0 saturated carbocycles. The summed E-state index contributed by atoms with van der Waals surface area (Å²) in [5, 5.41) is 9.39. The minimum atomic E-state index is 0.256. The number of aromatic amines is 1. The Bertz CT molecular complexity index is 524. The van der Waals surface area contributed by atoms with Crippen LogP contribution in [0.25, 0.3) is 0 Å². The van der Waals surface area contributed by atoms with Gasteiger partial charge in [-0.1, -0.05) is 0 Å². The number of hydrogen-bond acceptors (Lipinski definition) is 6. The lowest BCUT2D eigenvalue weighted by Gasteiger charge is -2.02. The van der Waals surface area contributed by atoms with Gasteiger partial charge in [-0.25, -0.2) is 5.10 Å². The van der Waals surface area contributed by atoms with Gasteiger partial charge < -0.3 is 20.5 Å². The van der Waals surface area contributed by atoms with Crippen molar-refractivity contribution in [1.82, 2.24) is 15.2 Å². The SMILES string of the molecule is Nc1nc(Nc2ccc3c(c2)OCO3)n[nH]1. The van der Waals surface area contributed by atoms with Crippen LogP contribution >= 0.6 is 0 Å². The molecule has 16 heavy (non-hydrogen) atoms. The van der Waals surface area contributed by atoms with Crippen molar-refractivity contribution in [1.29, 1.82) is 0 Å². The summed E-state index contributed by atoms with van der Waals surface area (Å²) in [7, 11) is 0. The molecule has 0 saturated heterocycles. The summed E-state index contributed by atoms with van der Waals surface area (Å²) in [5.74, 6) is 2.12. The van der Waals surface area contributed by atoms with Crippen molar-refractivity contribution in [2.75, 3.05) is 17.8 Å². The van der Waals surface area contributed by atoms with Gasteiger partial charge in [0, 0.05) is 11.8 Å². The number of ether oxygens (including phenoxy) is 2. The highest BCUT2D eigenvalue weighted by molar-refractivity contribution is 5.60. The Hall–Kier alpha value is -2.44. The number of nitrogens with one attached hydrogen (secondary N) is 2. The zero-order chi connectivity index (χ0) is 11.0. The van der Waals surface area contributed by atoms with Gasteiger partial charge in [-0.3, -0.25) is 0 Å². The van der Waals surface area contributed by atoms with Crippen LogP contribution in [0.3, 0.4) is 0 Å². The normalized spacial score (nSPS) is 12.8. The molecule has 7 heteroatoms. The van der Waals surface area contributed by atoms with Crippen LogP contribution in [-0.4, -0.2) is 22.0 Å². The number of nitrogens with two attached hydrogens (primary N) is 1. The molecule has 1 aromatic heterocycles. The molecule has 0 fully saturated rings. The van der Waals surface area contributed by atoms with Crippen LogP contribution in [0.1, 0.15) is 0 Å². The highest BCUT2D eigenvalue weighted by atomic mass is 16.7. The number of benzene rings is 1. The second-order valence-electron chi connectivity index (χ2n) is 3.24. The summed E-state index contributed by atoms with van der Waals surface area (Å²) >= 11 is 0. The molecule has 7 nitrogen and oxygen atoms in total. The highest BCUT2D eigenvalue weighted by Gasteiger charge is 2.13. The molecule has 1 aromatic carbocycles. The maximum absolute atomic E-state index is 5.41. The van der Waals surface area contributed by atoms with Crippen LogP contribution < -0.4 is 20.5 Å². The molecule has 82 valence electrons. The van der Waals surface area contributed by atoms with E-state index in [2.05, 4.69) is 20.5 Å². The smallest absolute Gasteiger partial charge is 0.248 e. The monoisotopic (exact) mass is 219 g/mol. The van der Waals surface area contributed by atoms with Crippen LogP contribution in [0.4, 0.5) is 17.6 Å². The van der Waals surface area contributed by atoms with Crippen molar-refractivity contribution in [2.45, 2.75) is 0 Å². The van der Waals surface area contributed by atoms with Gasteiger partial charge in [0.25, 0.3) is 0 Å². The Morgan fingerprint density at radius 3 is 3.00 bits per heavy atom. The number of aromatic nitrogens is 3. The predicted molar refractivity (Wildman–Crippen MR) is 56.6 cm³/mol. The molecule has 0 amide bonds. The zero-order valence-corrected chi connectivity index (χ0v) is 8.23. The van der Waals surface area contributed by atoms with Crippen molar-refractivity contribution in [2.24, 2.45) is 0 Å². The van der Waals surface area contributed by atoms with Crippen LogP contribution in [0.2, 0.25) is 0 Å². The summed E-state index contributed by atoms with van der Waals surface area (Å²) in [4.78, 5) is 3.93. The minimum Gasteiger partial charge on any atom is -0.454 e. The first-order valence-corrected chi connectivity index (χ1v) is 4.66. The average molecular weight is 219 g/mol. The standard InChI is InChI=1S/C9H9N5O2/c10-8-12-9(14-13-8)11-5-1-2-6-7(3-5)16-4-15-6/h1-3H,4H2,(H4,10,11,12,13,14). The quantitative estimate of drug-likeness (QED) is 0.692. The largest absolute Gasteiger partial charge is 0.454 e. The van der Waals surface area contributed by atoms with Crippen LogP contribution in [0.15, 0.2) is 18.2 Å². The molecule has 0 aliphatic carbocycles. The summed E-state index contributed by atoms with van der Waals surface area (Å²) in [5.41, 5.74) is 6.22. The maximum atomic E-state index is 5.41. The lowest BCUT2D eigenvalue weighted by Crippen LogP contribution is -1.93. The third-order valence-corrected chi connectivity index (χ3v) is 2.13. The van der Waals surface area contributed by atoms with E-state index in [0.29, 0.717) is 11.7 Å². The molecule has 0 bridgehead atoms. The van der Waals surface area contributed by atoms with E-state index in [9.17, 15) is 0 Å². The van der Waals surface area contributed by atoms with Gasteiger partial charge in [0.2, 0.25) is 18.7 Å². The second kappa shape index (κ2) is 3.30. The molecule has 1 aliphatic rings. The van der Waals surface area contributed by atoms with Gasteiger partial charge >= 0.3 is 0 Å². The minimum absolute atomic E-state index is 0.256. The van der Waals surface area contributed by atoms with Gasteiger partial charge in [0.1, 0.15) is 0 Å². The lowest BCUT2D eigenvalue weighted by molar-refractivity contribution is 0.174. The first-order chi connectivity index (χ1) is 7.81.